The quantitative estimate of drug-likeness (QED) is 0.834. The van der Waals surface area contributed by atoms with Crippen LogP contribution in [0.5, 0.6) is 0 Å². The van der Waals surface area contributed by atoms with E-state index < -0.39 is 6.29 Å². The second-order valence-corrected chi connectivity index (χ2v) is 5.74. The summed E-state index contributed by atoms with van der Waals surface area (Å²) in [5, 5.41) is 10.3. The number of nitrogens with zero attached hydrogens (tertiary/aromatic N) is 2. The Kier molecular flexibility index (Phi) is 4.09. The third kappa shape index (κ3) is 2.82. The van der Waals surface area contributed by atoms with Crippen LogP contribution in [-0.4, -0.2) is 25.8 Å². The molecule has 2 aromatic heterocycles. The summed E-state index contributed by atoms with van der Waals surface area (Å²) >= 11 is 0. The molecule has 3 rings (SSSR count). The monoisotopic (exact) mass is 301 g/mol. The number of hydrogen-bond donors (Lipinski definition) is 2. The average Bonchev–Trinajstić information content (AvgIpc) is 3.10. The number of aryl methyl sites for hydroxylation is 1. The summed E-state index contributed by atoms with van der Waals surface area (Å²) in [5.41, 5.74) is 2.72. The summed E-state index contributed by atoms with van der Waals surface area (Å²) in [7, 11) is 1.98. The first kappa shape index (κ1) is 14.9. The molecule has 0 saturated heterocycles. The number of aliphatic hydroxyl groups excluding tert-OH is 1. The van der Waals surface area contributed by atoms with Crippen LogP contribution in [0.3, 0.4) is 0 Å². The molecular weight excluding hydrogens is 278 g/mol. The Labute approximate surface area is 130 Å². The molecule has 22 heavy (non-hydrogen) atoms. The number of nitrogens with one attached hydrogen (secondary N) is 1. The lowest BCUT2D eigenvalue weighted by Gasteiger charge is -2.29. The SMILES string of the molecule is CCC1C=CN(C(C)OC(O)c2cc3c(ccn3C)[nH]2)C=C1. The molecular formula is C17H23N3O2. The van der Waals surface area contributed by atoms with Crippen LogP contribution in [-0.2, 0) is 11.8 Å². The van der Waals surface area contributed by atoms with Crippen molar-refractivity contribution < 1.29 is 9.84 Å². The normalized spacial score (nSPS) is 18.3. The third-order valence-electron chi connectivity index (χ3n) is 4.19. The van der Waals surface area contributed by atoms with Crippen LogP contribution < -0.4 is 0 Å². The van der Waals surface area contributed by atoms with Gasteiger partial charge in [0, 0.05) is 25.6 Å². The van der Waals surface area contributed by atoms with Crippen molar-refractivity contribution in [2.24, 2.45) is 13.0 Å². The van der Waals surface area contributed by atoms with E-state index in [1.165, 1.54) is 0 Å². The van der Waals surface area contributed by atoms with Crippen molar-refractivity contribution in [1.29, 1.82) is 0 Å². The molecule has 2 aromatic rings. The lowest BCUT2D eigenvalue weighted by Crippen LogP contribution is -2.29. The first-order valence-corrected chi connectivity index (χ1v) is 7.70. The van der Waals surface area contributed by atoms with Crippen molar-refractivity contribution in [3.05, 3.63) is 48.6 Å². The number of H-pyrrole nitrogens is 1. The van der Waals surface area contributed by atoms with Crippen molar-refractivity contribution in [3.8, 4) is 0 Å². The minimum absolute atomic E-state index is 0.244. The zero-order chi connectivity index (χ0) is 15.7. The van der Waals surface area contributed by atoms with E-state index in [9.17, 15) is 5.11 Å². The predicted molar refractivity (Wildman–Crippen MR) is 86.7 cm³/mol. The summed E-state index contributed by atoms with van der Waals surface area (Å²) in [6.07, 6.45) is 10.2. The number of hydrogen-bond acceptors (Lipinski definition) is 3. The van der Waals surface area contributed by atoms with Gasteiger partial charge in [0.2, 0.25) is 0 Å². The van der Waals surface area contributed by atoms with Gasteiger partial charge in [-0.3, -0.25) is 0 Å². The first-order valence-electron chi connectivity index (χ1n) is 7.70. The van der Waals surface area contributed by atoms with Crippen LogP contribution in [0.4, 0.5) is 0 Å². The van der Waals surface area contributed by atoms with Crippen molar-refractivity contribution >= 4 is 11.0 Å². The van der Waals surface area contributed by atoms with Gasteiger partial charge in [-0.2, -0.15) is 0 Å². The van der Waals surface area contributed by atoms with E-state index in [1.807, 2.05) is 54.2 Å². The molecule has 0 aliphatic carbocycles. The molecule has 0 fully saturated rings. The molecule has 118 valence electrons. The molecule has 2 unspecified atom stereocenters. The molecule has 0 radical (unpaired) electrons. The fraction of sp³-hybridized carbons (Fsp3) is 0.412. The van der Waals surface area contributed by atoms with E-state index >= 15 is 0 Å². The minimum Gasteiger partial charge on any atom is -0.363 e. The van der Waals surface area contributed by atoms with Gasteiger partial charge < -0.3 is 24.3 Å². The zero-order valence-electron chi connectivity index (χ0n) is 13.2. The van der Waals surface area contributed by atoms with Crippen LogP contribution >= 0.6 is 0 Å². The second kappa shape index (κ2) is 6.02. The molecule has 2 atom stereocenters. The van der Waals surface area contributed by atoms with Gasteiger partial charge in [-0.25, -0.2) is 0 Å². The highest BCUT2D eigenvalue weighted by Gasteiger charge is 2.19. The molecule has 0 amide bonds. The Morgan fingerprint density at radius 1 is 1.36 bits per heavy atom. The largest absolute Gasteiger partial charge is 0.363 e. The Hall–Kier alpha value is -1.98. The van der Waals surface area contributed by atoms with E-state index in [0.717, 1.165) is 17.5 Å². The number of aromatic amines is 1. The Morgan fingerprint density at radius 3 is 2.73 bits per heavy atom. The summed E-state index contributed by atoms with van der Waals surface area (Å²) in [6.45, 7) is 4.08. The van der Waals surface area contributed by atoms with Crippen LogP contribution in [0.2, 0.25) is 0 Å². The van der Waals surface area contributed by atoms with Gasteiger partial charge in [-0.15, -0.1) is 0 Å². The molecule has 5 heteroatoms. The lowest BCUT2D eigenvalue weighted by atomic mass is 10.1. The number of fused-ring (bicyclic) bond motifs is 1. The number of allylic oxidation sites excluding steroid dienone is 2. The lowest BCUT2D eigenvalue weighted by molar-refractivity contribution is -0.165. The Balaban J connectivity index is 1.66. The Bertz CT molecular complexity index is 684. The van der Waals surface area contributed by atoms with E-state index in [2.05, 4.69) is 24.1 Å². The first-order chi connectivity index (χ1) is 10.6. The van der Waals surface area contributed by atoms with Gasteiger partial charge in [0.15, 0.2) is 6.29 Å². The van der Waals surface area contributed by atoms with Gasteiger partial charge in [0.25, 0.3) is 0 Å². The van der Waals surface area contributed by atoms with E-state index in [4.69, 9.17) is 4.74 Å². The van der Waals surface area contributed by atoms with Crippen molar-refractivity contribution in [3.63, 3.8) is 0 Å². The van der Waals surface area contributed by atoms with Gasteiger partial charge in [-0.1, -0.05) is 19.1 Å². The summed E-state index contributed by atoms with van der Waals surface area (Å²) in [4.78, 5) is 5.15. The maximum absolute atomic E-state index is 10.3. The molecule has 3 heterocycles. The Morgan fingerprint density at radius 2 is 2.09 bits per heavy atom. The topological polar surface area (TPSA) is 53.4 Å². The maximum atomic E-state index is 10.3. The fourth-order valence-corrected chi connectivity index (χ4v) is 2.68. The van der Waals surface area contributed by atoms with Gasteiger partial charge >= 0.3 is 0 Å². The van der Waals surface area contributed by atoms with Gasteiger partial charge in [0.1, 0.15) is 6.23 Å². The minimum atomic E-state index is -0.979. The molecule has 5 nitrogen and oxygen atoms in total. The van der Waals surface area contributed by atoms with E-state index in [-0.39, 0.29) is 6.23 Å². The predicted octanol–water partition coefficient (Wildman–Crippen LogP) is 3.23. The van der Waals surface area contributed by atoms with Crippen LogP contribution in [0.25, 0.3) is 11.0 Å². The smallest absolute Gasteiger partial charge is 0.198 e. The molecule has 1 aliphatic heterocycles. The summed E-state index contributed by atoms with van der Waals surface area (Å²) in [6, 6.07) is 3.90. The molecule has 0 bridgehead atoms. The fourth-order valence-electron chi connectivity index (χ4n) is 2.68. The number of aromatic nitrogens is 2. The second-order valence-electron chi connectivity index (χ2n) is 5.74. The average molecular weight is 301 g/mol. The zero-order valence-corrected chi connectivity index (χ0v) is 13.2. The molecule has 0 aromatic carbocycles. The molecule has 2 N–H and O–H groups in total. The number of aliphatic hydroxyl groups is 1. The van der Waals surface area contributed by atoms with Crippen LogP contribution in [0.1, 0.15) is 32.3 Å². The van der Waals surface area contributed by atoms with Gasteiger partial charge in [-0.05, 0) is 31.4 Å². The number of ether oxygens (including phenoxy) is 1. The summed E-state index contributed by atoms with van der Waals surface area (Å²) < 4.78 is 7.73. The maximum Gasteiger partial charge on any atom is 0.198 e. The molecule has 0 spiro atoms. The number of rotatable bonds is 5. The van der Waals surface area contributed by atoms with E-state index in [0.29, 0.717) is 11.6 Å². The highest BCUT2D eigenvalue weighted by Crippen LogP contribution is 2.24. The highest BCUT2D eigenvalue weighted by molar-refractivity contribution is 5.77. The van der Waals surface area contributed by atoms with Crippen LogP contribution in [0, 0.1) is 5.92 Å². The van der Waals surface area contributed by atoms with Crippen molar-refractivity contribution in [2.45, 2.75) is 32.8 Å². The standard InChI is InChI=1S/C17H23N3O2/c1-4-13-5-9-20(10-6-13)12(2)22-17(21)15-11-16-14(18-15)7-8-19(16)3/h5-13,17-18,21H,4H2,1-3H3. The van der Waals surface area contributed by atoms with Crippen LogP contribution in [0.15, 0.2) is 42.9 Å². The molecule has 1 aliphatic rings. The summed E-state index contributed by atoms with van der Waals surface area (Å²) in [5.74, 6) is 0.488. The highest BCUT2D eigenvalue weighted by atomic mass is 16.6. The van der Waals surface area contributed by atoms with E-state index in [1.54, 1.807) is 0 Å². The van der Waals surface area contributed by atoms with Crippen molar-refractivity contribution in [1.82, 2.24) is 14.5 Å². The van der Waals surface area contributed by atoms with Gasteiger partial charge in [0.05, 0.1) is 16.7 Å². The molecule has 0 saturated carbocycles. The third-order valence-corrected chi connectivity index (χ3v) is 4.19. The van der Waals surface area contributed by atoms with Crippen molar-refractivity contribution in [2.75, 3.05) is 0 Å².